The minimum Gasteiger partial charge on any atom is -0.456 e. The zero-order valence-corrected chi connectivity index (χ0v) is 13.1. The number of benzene rings is 1. The molecule has 0 saturated carbocycles. The molecule has 0 fully saturated rings. The summed E-state index contributed by atoms with van der Waals surface area (Å²) in [6.07, 6.45) is 1.84. The molecule has 2 aliphatic rings. The molecule has 3 heterocycles. The van der Waals surface area contributed by atoms with Crippen LogP contribution in [0, 0.1) is 0 Å². The normalized spacial score (nSPS) is 19.0. The van der Waals surface area contributed by atoms with Crippen LogP contribution in [-0.4, -0.2) is 28.8 Å². The molecule has 6 nitrogen and oxygen atoms in total. The van der Waals surface area contributed by atoms with Gasteiger partial charge in [-0.2, -0.15) is 0 Å². The number of fused-ring (bicyclic) bond motifs is 1. The average molecular weight is 327 g/mol. The molecule has 1 unspecified atom stereocenters. The van der Waals surface area contributed by atoms with E-state index in [1.165, 1.54) is 11.8 Å². The summed E-state index contributed by atoms with van der Waals surface area (Å²) < 4.78 is 5.16. The van der Waals surface area contributed by atoms with Gasteiger partial charge in [0, 0.05) is 0 Å². The van der Waals surface area contributed by atoms with Crippen molar-refractivity contribution < 1.29 is 9.53 Å². The number of hydrogen-bond acceptors (Lipinski definition) is 6. The van der Waals surface area contributed by atoms with Crippen molar-refractivity contribution in [3.8, 4) is 0 Å². The number of carbonyl (C=O) groups is 1. The number of anilines is 1. The van der Waals surface area contributed by atoms with Gasteiger partial charge in [0.25, 0.3) is 5.56 Å². The van der Waals surface area contributed by atoms with Crippen LogP contribution in [0.5, 0.6) is 0 Å². The molecule has 0 radical (unpaired) electrons. The van der Waals surface area contributed by atoms with Gasteiger partial charge in [-0.05, 0) is 11.8 Å². The van der Waals surface area contributed by atoms with Gasteiger partial charge in [-0.3, -0.25) is 4.79 Å². The molecule has 0 saturated heterocycles. The Labute approximate surface area is 136 Å². The number of aromatic amines is 1. The van der Waals surface area contributed by atoms with Gasteiger partial charge in [0.2, 0.25) is 0 Å². The van der Waals surface area contributed by atoms with Gasteiger partial charge >= 0.3 is 5.97 Å². The molecular weight excluding hydrogens is 314 g/mol. The van der Waals surface area contributed by atoms with Crippen LogP contribution in [0.1, 0.15) is 17.0 Å². The van der Waals surface area contributed by atoms with Crippen molar-refractivity contribution in [2.24, 2.45) is 0 Å². The van der Waals surface area contributed by atoms with E-state index in [-0.39, 0.29) is 18.1 Å². The molecule has 0 amide bonds. The lowest BCUT2D eigenvalue weighted by Gasteiger charge is -2.25. The van der Waals surface area contributed by atoms with E-state index in [0.717, 1.165) is 5.56 Å². The summed E-state index contributed by atoms with van der Waals surface area (Å²) in [4.78, 5) is 32.0. The third kappa shape index (κ3) is 2.16. The topological polar surface area (TPSA) is 84.1 Å². The molecule has 1 atom stereocenters. The Balaban J connectivity index is 1.99. The second kappa shape index (κ2) is 5.27. The van der Waals surface area contributed by atoms with Crippen LogP contribution in [0.3, 0.4) is 0 Å². The van der Waals surface area contributed by atoms with Gasteiger partial charge < -0.3 is 15.0 Å². The number of H-pyrrole nitrogens is 1. The summed E-state index contributed by atoms with van der Waals surface area (Å²) in [7, 11) is 0. The highest BCUT2D eigenvalue weighted by atomic mass is 32.2. The first-order valence-electron chi connectivity index (χ1n) is 7.09. The number of rotatable bonds is 2. The molecule has 116 valence electrons. The van der Waals surface area contributed by atoms with Crippen molar-refractivity contribution in [3.63, 3.8) is 0 Å². The molecule has 1 aromatic heterocycles. The molecule has 0 aliphatic carbocycles. The molecule has 2 aromatic rings. The van der Waals surface area contributed by atoms with E-state index in [2.05, 4.69) is 15.3 Å². The summed E-state index contributed by atoms with van der Waals surface area (Å²) in [6, 6.07) is 9.47. The SMILES string of the molecule is CSc1nc2c(c(=O)[nH]1)C(c1ccccc1)C1=C(COC1=O)N2. The van der Waals surface area contributed by atoms with Crippen molar-refractivity contribution in [2.45, 2.75) is 11.1 Å². The molecular formula is C16H13N3O3S. The maximum atomic E-state index is 12.6. The summed E-state index contributed by atoms with van der Waals surface area (Å²) in [6.45, 7) is 0.181. The van der Waals surface area contributed by atoms with Crippen LogP contribution in [-0.2, 0) is 9.53 Å². The standard InChI is InChI=1S/C16H13N3O3S/c1-23-16-18-13-12(14(20)19-16)10(8-5-3-2-4-6-8)11-9(17-13)7-22-15(11)21/h2-6,10H,7H2,1H3,(H2,17,18,19,20). The molecule has 4 rings (SSSR count). The summed E-state index contributed by atoms with van der Waals surface area (Å²) >= 11 is 1.36. The van der Waals surface area contributed by atoms with E-state index in [1.54, 1.807) is 0 Å². The van der Waals surface area contributed by atoms with Crippen LogP contribution in [0.4, 0.5) is 5.82 Å². The van der Waals surface area contributed by atoms with E-state index in [9.17, 15) is 9.59 Å². The van der Waals surface area contributed by atoms with Crippen LogP contribution in [0.15, 0.2) is 51.6 Å². The molecule has 0 bridgehead atoms. The molecule has 23 heavy (non-hydrogen) atoms. The number of carbonyl (C=O) groups excluding carboxylic acids is 1. The fourth-order valence-corrected chi connectivity index (χ4v) is 3.38. The van der Waals surface area contributed by atoms with E-state index < -0.39 is 5.92 Å². The second-order valence-corrected chi connectivity index (χ2v) is 6.07. The number of esters is 1. The number of hydrogen-bond donors (Lipinski definition) is 2. The third-order valence-corrected chi connectivity index (χ3v) is 4.58. The molecule has 0 spiro atoms. The van der Waals surface area contributed by atoms with Crippen molar-refractivity contribution in [2.75, 3.05) is 18.2 Å². The fourth-order valence-electron chi connectivity index (χ4n) is 3.00. The fraction of sp³-hybridized carbons (Fsp3) is 0.188. The molecule has 2 aliphatic heterocycles. The number of nitrogens with zero attached hydrogens (tertiary/aromatic N) is 1. The molecule has 7 heteroatoms. The van der Waals surface area contributed by atoms with Crippen molar-refractivity contribution in [1.29, 1.82) is 0 Å². The first kappa shape index (κ1) is 14.1. The number of ether oxygens (including phenoxy) is 1. The Morgan fingerprint density at radius 1 is 1.26 bits per heavy atom. The van der Waals surface area contributed by atoms with Crippen molar-refractivity contribution in [3.05, 3.63) is 63.1 Å². The summed E-state index contributed by atoms with van der Waals surface area (Å²) in [5, 5.41) is 3.62. The monoisotopic (exact) mass is 327 g/mol. The lowest BCUT2D eigenvalue weighted by molar-refractivity contribution is -0.136. The maximum Gasteiger partial charge on any atom is 0.337 e. The van der Waals surface area contributed by atoms with Gasteiger partial charge in [-0.15, -0.1) is 0 Å². The van der Waals surface area contributed by atoms with Gasteiger partial charge in [0.1, 0.15) is 12.4 Å². The van der Waals surface area contributed by atoms with Gasteiger partial charge in [-0.1, -0.05) is 42.1 Å². The quantitative estimate of drug-likeness (QED) is 0.498. The third-order valence-electron chi connectivity index (χ3n) is 4.00. The Kier molecular flexibility index (Phi) is 3.23. The van der Waals surface area contributed by atoms with E-state index in [4.69, 9.17) is 4.74 Å². The highest BCUT2D eigenvalue weighted by molar-refractivity contribution is 7.98. The highest BCUT2D eigenvalue weighted by Crippen LogP contribution is 2.41. The Morgan fingerprint density at radius 2 is 2.04 bits per heavy atom. The summed E-state index contributed by atoms with van der Waals surface area (Å²) in [5.74, 6) is -0.367. The zero-order valence-electron chi connectivity index (χ0n) is 12.3. The van der Waals surface area contributed by atoms with Gasteiger partial charge in [-0.25, -0.2) is 9.78 Å². The smallest absolute Gasteiger partial charge is 0.337 e. The van der Waals surface area contributed by atoms with Crippen molar-refractivity contribution in [1.82, 2.24) is 9.97 Å². The predicted octanol–water partition coefficient (Wildman–Crippen LogP) is 1.86. The minimum atomic E-state index is -0.468. The first-order valence-corrected chi connectivity index (χ1v) is 8.32. The predicted molar refractivity (Wildman–Crippen MR) is 86.5 cm³/mol. The number of thioether (sulfide) groups is 1. The van der Waals surface area contributed by atoms with Crippen LogP contribution in [0.25, 0.3) is 0 Å². The first-order chi connectivity index (χ1) is 11.2. The number of nitrogens with one attached hydrogen (secondary N) is 2. The highest BCUT2D eigenvalue weighted by Gasteiger charge is 2.40. The largest absolute Gasteiger partial charge is 0.456 e. The Morgan fingerprint density at radius 3 is 2.78 bits per heavy atom. The maximum absolute atomic E-state index is 12.6. The minimum absolute atomic E-state index is 0.181. The average Bonchev–Trinajstić information content (AvgIpc) is 2.94. The summed E-state index contributed by atoms with van der Waals surface area (Å²) in [5.41, 5.74) is 2.25. The Hall–Kier alpha value is -2.54. The lowest BCUT2D eigenvalue weighted by atomic mass is 9.83. The van der Waals surface area contributed by atoms with Crippen molar-refractivity contribution >= 4 is 23.5 Å². The Bertz CT molecular complexity index is 889. The van der Waals surface area contributed by atoms with Crippen LogP contribution < -0.4 is 10.9 Å². The van der Waals surface area contributed by atoms with E-state index in [1.807, 2.05) is 36.6 Å². The van der Waals surface area contributed by atoms with Gasteiger partial charge in [0.05, 0.1) is 22.8 Å². The lowest BCUT2D eigenvalue weighted by Crippen LogP contribution is -2.28. The van der Waals surface area contributed by atoms with Gasteiger partial charge in [0.15, 0.2) is 5.16 Å². The van der Waals surface area contributed by atoms with Crippen LogP contribution in [0.2, 0.25) is 0 Å². The number of aromatic nitrogens is 2. The molecule has 1 aromatic carbocycles. The van der Waals surface area contributed by atoms with Crippen LogP contribution >= 0.6 is 11.8 Å². The van der Waals surface area contributed by atoms with E-state index in [0.29, 0.717) is 27.8 Å². The zero-order chi connectivity index (χ0) is 16.0. The molecule has 2 N–H and O–H groups in total. The van der Waals surface area contributed by atoms with E-state index >= 15 is 0 Å². The second-order valence-electron chi connectivity index (χ2n) is 5.27. The number of cyclic esters (lactones) is 1.